The van der Waals surface area contributed by atoms with Gasteiger partial charge in [-0.25, -0.2) is 0 Å². The fourth-order valence-corrected chi connectivity index (χ4v) is 2.98. The van der Waals surface area contributed by atoms with Crippen LogP contribution in [-0.4, -0.2) is 16.5 Å². The van der Waals surface area contributed by atoms with Crippen molar-refractivity contribution < 1.29 is 0 Å². The van der Waals surface area contributed by atoms with Gasteiger partial charge in [-0.15, -0.1) is 0 Å². The minimum absolute atomic E-state index is 0.381. The largest absolute Gasteiger partial charge is 0.309 e. The predicted molar refractivity (Wildman–Crippen MR) is 74.3 cm³/mol. The predicted octanol–water partition coefficient (Wildman–Crippen LogP) is 3.49. The van der Waals surface area contributed by atoms with Gasteiger partial charge in [0.1, 0.15) is 0 Å². The minimum atomic E-state index is 0.381. The van der Waals surface area contributed by atoms with Crippen LogP contribution in [0.2, 0.25) is 0 Å². The Labute approximate surface area is 110 Å². The number of aromatic nitrogens is 2. The van der Waals surface area contributed by atoms with Crippen molar-refractivity contribution in [2.24, 2.45) is 5.92 Å². The third-order valence-electron chi connectivity index (χ3n) is 3.93. The second-order valence-electron chi connectivity index (χ2n) is 5.33. The molecule has 1 N–H and O–H groups in total. The quantitative estimate of drug-likeness (QED) is 0.809. The van der Waals surface area contributed by atoms with Crippen molar-refractivity contribution in [3.63, 3.8) is 0 Å². The minimum Gasteiger partial charge on any atom is -0.309 e. The molecule has 18 heavy (non-hydrogen) atoms. The summed E-state index contributed by atoms with van der Waals surface area (Å²) in [5, 5.41) is 3.56. The number of rotatable bonds is 5. The summed E-state index contributed by atoms with van der Waals surface area (Å²) in [6, 6.07) is 0.381. The Morgan fingerprint density at radius 1 is 1.22 bits per heavy atom. The van der Waals surface area contributed by atoms with E-state index in [1.54, 1.807) is 12.4 Å². The summed E-state index contributed by atoms with van der Waals surface area (Å²) in [5.41, 5.74) is 1.10. The molecule has 1 aliphatic carbocycles. The molecule has 0 bridgehead atoms. The number of hydrogen-bond donors (Lipinski definition) is 1. The molecule has 0 aliphatic heterocycles. The molecule has 0 spiro atoms. The highest BCUT2D eigenvalue weighted by Crippen LogP contribution is 2.30. The maximum atomic E-state index is 4.46. The van der Waals surface area contributed by atoms with E-state index < -0.39 is 0 Å². The van der Waals surface area contributed by atoms with Gasteiger partial charge in [-0.05, 0) is 18.9 Å². The van der Waals surface area contributed by atoms with Gasteiger partial charge in [0.2, 0.25) is 0 Å². The zero-order chi connectivity index (χ0) is 12.6. The van der Waals surface area contributed by atoms with Crippen molar-refractivity contribution in [2.45, 2.75) is 57.9 Å². The van der Waals surface area contributed by atoms with E-state index in [1.165, 1.54) is 44.9 Å². The highest BCUT2D eigenvalue weighted by atomic mass is 14.9. The Morgan fingerprint density at radius 2 is 2.00 bits per heavy atom. The summed E-state index contributed by atoms with van der Waals surface area (Å²) in [6.45, 7) is 3.16. The molecule has 3 heteroatoms. The van der Waals surface area contributed by atoms with Crippen LogP contribution in [-0.2, 0) is 0 Å². The van der Waals surface area contributed by atoms with Crippen LogP contribution in [0.3, 0.4) is 0 Å². The molecule has 1 heterocycles. The molecule has 3 nitrogen and oxygen atoms in total. The van der Waals surface area contributed by atoms with Crippen LogP contribution >= 0.6 is 0 Å². The summed E-state index contributed by atoms with van der Waals surface area (Å²) in [4.78, 5) is 8.66. The van der Waals surface area contributed by atoms with Crippen molar-refractivity contribution in [3.8, 4) is 0 Å². The Balaban J connectivity index is 1.97. The third kappa shape index (κ3) is 4.05. The highest BCUT2D eigenvalue weighted by molar-refractivity contribution is 5.02. The molecule has 1 saturated carbocycles. The molecular formula is C15H25N3. The van der Waals surface area contributed by atoms with Gasteiger partial charge in [0.25, 0.3) is 0 Å². The Morgan fingerprint density at radius 3 is 2.61 bits per heavy atom. The standard InChI is InChI=1S/C15H25N3/c1-2-17-14(15-12-16-9-10-18-15)11-13-7-5-3-4-6-8-13/h9-10,12-14,17H,2-8,11H2,1H3. The molecule has 0 aromatic carbocycles. The van der Waals surface area contributed by atoms with E-state index in [1.807, 2.05) is 6.20 Å². The van der Waals surface area contributed by atoms with Crippen LogP contribution in [0, 0.1) is 5.92 Å². The van der Waals surface area contributed by atoms with Crippen LogP contribution in [0.15, 0.2) is 18.6 Å². The van der Waals surface area contributed by atoms with E-state index in [0.29, 0.717) is 6.04 Å². The molecule has 1 aliphatic rings. The fourth-order valence-electron chi connectivity index (χ4n) is 2.98. The van der Waals surface area contributed by atoms with Crippen molar-refractivity contribution in [1.82, 2.24) is 15.3 Å². The lowest BCUT2D eigenvalue weighted by Crippen LogP contribution is -2.24. The van der Waals surface area contributed by atoms with Gasteiger partial charge in [0.15, 0.2) is 0 Å². The zero-order valence-corrected chi connectivity index (χ0v) is 11.4. The van der Waals surface area contributed by atoms with E-state index in [9.17, 15) is 0 Å². The first kappa shape index (κ1) is 13.5. The molecule has 1 aromatic heterocycles. The summed E-state index contributed by atoms with van der Waals surface area (Å²) < 4.78 is 0. The van der Waals surface area contributed by atoms with Crippen LogP contribution in [0.25, 0.3) is 0 Å². The fraction of sp³-hybridized carbons (Fsp3) is 0.733. The third-order valence-corrected chi connectivity index (χ3v) is 3.93. The van der Waals surface area contributed by atoms with Gasteiger partial charge in [-0.2, -0.15) is 0 Å². The lowest BCUT2D eigenvalue weighted by atomic mass is 9.91. The highest BCUT2D eigenvalue weighted by Gasteiger charge is 2.19. The molecule has 100 valence electrons. The van der Waals surface area contributed by atoms with Crippen LogP contribution in [0.5, 0.6) is 0 Å². The summed E-state index contributed by atoms with van der Waals surface area (Å²) in [7, 11) is 0. The lowest BCUT2D eigenvalue weighted by molar-refractivity contribution is 0.355. The lowest BCUT2D eigenvalue weighted by Gasteiger charge is -2.22. The van der Waals surface area contributed by atoms with E-state index in [0.717, 1.165) is 18.2 Å². The first-order valence-electron chi connectivity index (χ1n) is 7.39. The van der Waals surface area contributed by atoms with Gasteiger partial charge in [0.05, 0.1) is 11.7 Å². The Bertz CT molecular complexity index is 318. The molecule has 1 aromatic rings. The number of nitrogens with one attached hydrogen (secondary N) is 1. The molecular weight excluding hydrogens is 222 g/mol. The summed E-state index contributed by atoms with van der Waals surface area (Å²) in [6.07, 6.45) is 15.1. The Hall–Kier alpha value is -0.960. The van der Waals surface area contributed by atoms with Crippen molar-refractivity contribution in [2.75, 3.05) is 6.54 Å². The monoisotopic (exact) mass is 247 g/mol. The number of nitrogens with zero attached hydrogens (tertiary/aromatic N) is 2. The van der Waals surface area contributed by atoms with Crippen LogP contribution in [0.1, 0.15) is 63.6 Å². The van der Waals surface area contributed by atoms with Gasteiger partial charge < -0.3 is 5.32 Å². The maximum absolute atomic E-state index is 4.46. The number of hydrogen-bond acceptors (Lipinski definition) is 3. The molecule has 1 atom stereocenters. The first-order valence-corrected chi connectivity index (χ1v) is 7.39. The normalized spacial score (nSPS) is 19.4. The van der Waals surface area contributed by atoms with Crippen LogP contribution < -0.4 is 5.32 Å². The maximum Gasteiger partial charge on any atom is 0.0756 e. The van der Waals surface area contributed by atoms with Gasteiger partial charge in [-0.3, -0.25) is 9.97 Å². The average molecular weight is 247 g/mol. The second kappa shape index (κ2) is 7.47. The Kier molecular flexibility index (Phi) is 5.59. The average Bonchev–Trinajstić information content (AvgIpc) is 2.68. The van der Waals surface area contributed by atoms with Gasteiger partial charge in [-0.1, -0.05) is 45.4 Å². The topological polar surface area (TPSA) is 37.8 Å². The zero-order valence-electron chi connectivity index (χ0n) is 11.4. The second-order valence-corrected chi connectivity index (χ2v) is 5.33. The van der Waals surface area contributed by atoms with Crippen molar-refractivity contribution >= 4 is 0 Å². The van der Waals surface area contributed by atoms with E-state index >= 15 is 0 Å². The molecule has 1 fully saturated rings. The van der Waals surface area contributed by atoms with Gasteiger partial charge >= 0.3 is 0 Å². The van der Waals surface area contributed by atoms with Crippen molar-refractivity contribution in [3.05, 3.63) is 24.3 Å². The molecule has 1 unspecified atom stereocenters. The van der Waals surface area contributed by atoms with Gasteiger partial charge in [0, 0.05) is 18.6 Å². The SMILES string of the molecule is CCNC(CC1CCCCCC1)c1cnccn1. The molecule has 0 amide bonds. The first-order chi connectivity index (χ1) is 8.90. The van der Waals surface area contributed by atoms with E-state index in [4.69, 9.17) is 0 Å². The van der Waals surface area contributed by atoms with E-state index in [2.05, 4.69) is 22.2 Å². The smallest absolute Gasteiger partial charge is 0.0756 e. The van der Waals surface area contributed by atoms with E-state index in [-0.39, 0.29) is 0 Å². The van der Waals surface area contributed by atoms with Crippen molar-refractivity contribution in [1.29, 1.82) is 0 Å². The molecule has 0 radical (unpaired) electrons. The molecule has 0 saturated heterocycles. The summed E-state index contributed by atoms with van der Waals surface area (Å²) >= 11 is 0. The summed E-state index contributed by atoms with van der Waals surface area (Å²) in [5.74, 6) is 0.860. The van der Waals surface area contributed by atoms with Crippen LogP contribution in [0.4, 0.5) is 0 Å². The molecule has 2 rings (SSSR count).